The van der Waals surface area contributed by atoms with Gasteiger partial charge in [0, 0.05) is 24.8 Å². The predicted octanol–water partition coefficient (Wildman–Crippen LogP) is 3.78. The fourth-order valence-electron chi connectivity index (χ4n) is 3.47. The Morgan fingerprint density at radius 3 is 2.78 bits per heavy atom. The highest BCUT2D eigenvalue weighted by molar-refractivity contribution is 7.98. The number of hydrogen-bond donors (Lipinski definition) is 1. The van der Waals surface area contributed by atoms with Crippen LogP contribution in [0, 0.1) is 5.82 Å². The van der Waals surface area contributed by atoms with Gasteiger partial charge in [-0.1, -0.05) is 43.0 Å². The van der Waals surface area contributed by atoms with E-state index in [4.69, 9.17) is 0 Å². The van der Waals surface area contributed by atoms with E-state index in [9.17, 15) is 14.0 Å². The Morgan fingerprint density at radius 2 is 2.00 bits per heavy atom. The van der Waals surface area contributed by atoms with E-state index in [1.54, 1.807) is 18.2 Å². The summed E-state index contributed by atoms with van der Waals surface area (Å²) in [6.07, 6.45) is 0.999. The lowest BCUT2D eigenvalue weighted by Gasteiger charge is -2.13. The number of amides is 1. The Labute approximate surface area is 188 Å². The number of aromatic nitrogens is 4. The van der Waals surface area contributed by atoms with Gasteiger partial charge in [-0.2, -0.15) is 0 Å². The van der Waals surface area contributed by atoms with Gasteiger partial charge in [0.1, 0.15) is 5.82 Å². The average Bonchev–Trinajstić information content (AvgIpc) is 3.21. The van der Waals surface area contributed by atoms with E-state index in [-0.39, 0.29) is 36.3 Å². The molecule has 1 atom stereocenters. The third kappa shape index (κ3) is 4.52. The van der Waals surface area contributed by atoms with Gasteiger partial charge in [-0.25, -0.2) is 4.39 Å². The zero-order chi connectivity index (χ0) is 22.7. The van der Waals surface area contributed by atoms with Gasteiger partial charge in [-0.05, 0) is 43.2 Å². The first-order valence-electron chi connectivity index (χ1n) is 10.5. The number of carbonyl (C=O) groups is 1. The molecule has 32 heavy (non-hydrogen) atoms. The largest absolute Gasteiger partial charge is 0.354 e. The fourth-order valence-corrected chi connectivity index (χ4v) is 4.35. The lowest BCUT2D eigenvalue weighted by molar-refractivity contribution is -0.121. The number of nitrogens with zero attached hydrogens (tertiary/aromatic N) is 4. The topological polar surface area (TPSA) is 81.3 Å². The summed E-state index contributed by atoms with van der Waals surface area (Å²) in [5.74, 6) is 0.484. The van der Waals surface area contributed by atoms with Crippen LogP contribution in [-0.2, 0) is 17.1 Å². The molecule has 2 heterocycles. The number of nitrogens with one attached hydrogen (secondary N) is 1. The van der Waals surface area contributed by atoms with Crippen molar-refractivity contribution in [1.29, 1.82) is 0 Å². The molecule has 0 radical (unpaired) electrons. The van der Waals surface area contributed by atoms with Crippen LogP contribution in [-0.4, -0.2) is 31.1 Å². The fraction of sp³-hybridized carbons (Fsp3) is 0.304. The molecule has 0 spiro atoms. The van der Waals surface area contributed by atoms with Crippen LogP contribution >= 0.6 is 11.8 Å². The molecule has 0 bridgehead atoms. The normalized spacial score (nSPS) is 12.3. The molecule has 0 aliphatic carbocycles. The minimum atomic E-state index is -0.288. The molecule has 0 aliphatic heterocycles. The molecular formula is C23H24FN5O2S. The van der Waals surface area contributed by atoms with Crippen molar-refractivity contribution in [2.24, 2.45) is 0 Å². The number of halogens is 1. The molecule has 4 rings (SSSR count). The monoisotopic (exact) mass is 453 g/mol. The minimum absolute atomic E-state index is 0.0785. The molecule has 2 aromatic carbocycles. The van der Waals surface area contributed by atoms with Gasteiger partial charge < -0.3 is 5.32 Å². The Bertz CT molecular complexity index is 1330. The number of thioether (sulfide) groups is 1. The van der Waals surface area contributed by atoms with E-state index < -0.39 is 0 Å². The van der Waals surface area contributed by atoms with Crippen LogP contribution in [0.15, 0.2) is 58.5 Å². The number of hydrogen-bond acceptors (Lipinski definition) is 5. The number of rotatable bonds is 8. The SMILES string of the molecule is CCC(C)NC(=O)CCn1c(=O)c2ccccc2n2c(SCc3cccc(F)c3)nnc12. The van der Waals surface area contributed by atoms with Crippen LogP contribution in [0.25, 0.3) is 16.7 Å². The smallest absolute Gasteiger partial charge is 0.262 e. The number of carbonyl (C=O) groups excluding carboxylic acids is 1. The van der Waals surface area contributed by atoms with Crippen molar-refractivity contribution in [3.63, 3.8) is 0 Å². The van der Waals surface area contributed by atoms with Crippen LogP contribution < -0.4 is 10.9 Å². The summed E-state index contributed by atoms with van der Waals surface area (Å²) in [7, 11) is 0. The molecule has 9 heteroatoms. The van der Waals surface area contributed by atoms with Crippen LogP contribution in [0.5, 0.6) is 0 Å². The summed E-state index contributed by atoms with van der Waals surface area (Å²) < 4.78 is 16.9. The number of para-hydroxylation sites is 1. The molecule has 2 aromatic heterocycles. The highest BCUT2D eigenvalue weighted by Crippen LogP contribution is 2.25. The third-order valence-corrected chi connectivity index (χ3v) is 6.32. The predicted molar refractivity (Wildman–Crippen MR) is 123 cm³/mol. The molecule has 0 fully saturated rings. The van der Waals surface area contributed by atoms with E-state index in [0.717, 1.165) is 12.0 Å². The van der Waals surface area contributed by atoms with Gasteiger partial charge in [0.05, 0.1) is 10.9 Å². The number of aryl methyl sites for hydroxylation is 1. The van der Waals surface area contributed by atoms with E-state index in [0.29, 0.717) is 27.6 Å². The van der Waals surface area contributed by atoms with Crippen molar-refractivity contribution in [3.8, 4) is 0 Å². The van der Waals surface area contributed by atoms with Crippen molar-refractivity contribution in [2.75, 3.05) is 0 Å². The molecule has 1 N–H and O–H groups in total. The van der Waals surface area contributed by atoms with E-state index >= 15 is 0 Å². The van der Waals surface area contributed by atoms with Crippen molar-refractivity contribution >= 4 is 34.3 Å². The third-order valence-electron chi connectivity index (χ3n) is 5.32. The number of fused-ring (bicyclic) bond motifs is 3. The van der Waals surface area contributed by atoms with Crippen LogP contribution in [0.3, 0.4) is 0 Å². The van der Waals surface area contributed by atoms with E-state index in [1.165, 1.54) is 28.5 Å². The maximum Gasteiger partial charge on any atom is 0.262 e. The lowest BCUT2D eigenvalue weighted by Crippen LogP contribution is -2.33. The quantitative estimate of drug-likeness (QED) is 0.411. The zero-order valence-corrected chi connectivity index (χ0v) is 18.7. The van der Waals surface area contributed by atoms with E-state index in [2.05, 4.69) is 15.5 Å². The zero-order valence-electron chi connectivity index (χ0n) is 17.9. The van der Waals surface area contributed by atoms with Crippen molar-refractivity contribution < 1.29 is 9.18 Å². The molecular weight excluding hydrogens is 429 g/mol. The van der Waals surface area contributed by atoms with Gasteiger partial charge in [-0.15, -0.1) is 10.2 Å². The first-order valence-corrected chi connectivity index (χ1v) is 11.5. The Kier molecular flexibility index (Phi) is 6.55. The maximum absolute atomic E-state index is 13.5. The van der Waals surface area contributed by atoms with Gasteiger partial charge in [0.25, 0.3) is 5.56 Å². The minimum Gasteiger partial charge on any atom is -0.354 e. The Hall–Kier alpha value is -3.20. The van der Waals surface area contributed by atoms with Crippen LogP contribution in [0.1, 0.15) is 32.3 Å². The lowest BCUT2D eigenvalue weighted by atomic mass is 10.2. The second-order valence-corrected chi connectivity index (χ2v) is 8.58. The number of benzene rings is 2. The van der Waals surface area contributed by atoms with Gasteiger partial charge in [0.2, 0.25) is 11.7 Å². The average molecular weight is 454 g/mol. The molecule has 7 nitrogen and oxygen atoms in total. The summed E-state index contributed by atoms with van der Waals surface area (Å²) >= 11 is 1.41. The molecule has 0 aliphatic rings. The standard InChI is InChI=1S/C23H24FN5O2S/c1-3-15(2)25-20(30)11-12-28-21(31)18-9-4-5-10-19(18)29-22(28)26-27-23(29)32-14-16-7-6-8-17(24)13-16/h4-10,13,15H,3,11-12,14H2,1-2H3,(H,25,30). The van der Waals surface area contributed by atoms with Crippen LogP contribution in [0.2, 0.25) is 0 Å². The molecule has 0 saturated heterocycles. The first kappa shape index (κ1) is 22.0. The molecule has 1 unspecified atom stereocenters. The van der Waals surface area contributed by atoms with Crippen molar-refractivity contribution in [3.05, 3.63) is 70.3 Å². The van der Waals surface area contributed by atoms with Gasteiger partial charge >= 0.3 is 0 Å². The highest BCUT2D eigenvalue weighted by Gasteiger charge is 2.18. The van der Waals surface area contributed by atoms with Crippen molar-refractivity contribution in [2.45, 2.75) is 50.2 Å². The second-order valence-electron chi connectivity index (χ2n) is 7.64. The summed E-state index contributed by atoms with van der Waals surface area (Å²) in [5, 5.41) is 12.6. The second kappa shape index (κ2) is 9.52. The Morgan fingerprint density at radius 1 is 1.19 bits per heavy atom. The molecule has 166 valence electrons. The first-order chi connectivity index (χ1) is 15.5. The summed E-state index contributed by atoms with van der Waals surface area (Å²) in [6.45, 7) is 4.14. The van der Waals surface area contributed by atoms with Gasteiger partial charge in [0.15, 0.2) is 5.16 Å². The summed E-state index contributed by atoms with van der Waals surface area (Å²) in [4.78, 5) is 25.4. The molecule has 1 amide bonds. The highest BCUT2D eigenvalue weighted by atomic mass is 32.2. The molecule has 0 saturated carbocycles. The molecule has 4 aromatic rings. The van der Waals surface area contributed by atoms with Crippen molar-refractivity contribution in [1.82, 2.24) is 24.5 Å². The van der Waals surface area contributed by atoms with E-state index in [1.807, 2.05) is 36.4 Å². The maximum atomic E-state index is 13.5. The van der Waals surface area contributed by atoms with Crippen LogP contribution in [0.4, 0.5) is 4.39 Å². The summed E-state index contributed by atoms with van der Waals surface area (Å²) in [5.41, 5.74) is 1.31. The Balaban J connectivity index is 1.70. The van der Waals surface area contributed by atoms with Gasteiger partial charge in [-0.3, -0.25) is 18.6 Å². The summed E-state index contributed by atoms with van der Waals surface area (Å²) in [6, 6.07) is 13.8.